The lowest BCUT2D eigenvalue weighted by atomic mass is 9.90. The molecule has 1 aliphatic heterocycles. The minimum absolute atomic E-state index is 0.290. The highest BCUT2D eigenvalue weighted by Crippen LogP contribution is 2.29. The van der Waals surface area contributed by atoms with Crippen LogP contribution in [0.5, 0.6) is 5.75 Å². The van der Waals surface area contributed by atoms with Gasteiger partial charge in [0.2, 0.25) is 0 Å². The van der Waals surface area contributed by atoms with Gasteiger partial charge in [0.15, 0.2) is 0 Å². The van der Waals surface area contributed by atoms with Crippen LogP contribution >= 0.6 is 0 Å². The molecule has 1 saturated heterocycles. The van der Waals surface area contributed by atoms with Crippen LogP contribution in [0.4, 0.5) is 0 Å². The Balaban J connectivity index is 1.51. The average Bonchev–Trinajstić information content (AvgIpc) is 2.97. The first-order chi connectivity index (χ1) is 11.2. The minimum atomic E-state index is 0.290. The van der Waals surface area contributed by atoms with E-state index in [2.05, 4.69) is 48.2 Å². The van der Waals surface area contributed by atoms with Crippen LogP contribution in [-0.2, 0) is 13.2 Å². The lowest BCUT2D eigenvalue weighted by Gasteiger charge is -2.22. The fraction of sp³-hybridized carbons (Fsp3) is 0.400. The second-order valence-electron chi connectivity index (χ2n) is 6.89. The predicted molar refractivity (Wildman–Crippen MR) is 94.3 cm³/mol. The van der Waals surface area contributed by atoms with Crippen LogP contribution in [0.25, 0.3) is 0 Å². The number of hydrogen-bond donors (Lipinski definition) is 1. The van der Waals surface area contributed by atoms with Crippen LogP contribution in [0.15, 0.2) is 54.6 Å². The summed E-state index contributed by atoms with van der Waals surface area (Å²) < 4.78 is 5.84. The van der Waals surface area contributed by atoms with E-state index in [0.717, 1.165) is 31.9 Å². The van der Waals surface area contributed by atoms with Gasteiger partial charge in [0.1, 0.15) is 12.4 Å². The third-order valence-corrected chi connectivity index (χ3v) is 4.71. The molecular weight excluding hydrogens is 284 g/mol. The molecule has 1 aliphatic rings. The first-order valence-corrected chi connectivity index (χ1v) is 8.35. The van der Waals surface area contributed by atoms with Gasteiger partial charge in [-0.25, -0.2) is 0 Å². The van der Waals surface area contributed by atoms with Gasteiger partial charge in [0.05, 0.1) is 0 Å². The zero-order chi connectivity index (χ0) is 16.1. The smallest absolute Gasteiger partial charge is 0.119 e. The van der Waals surface area contributed by atoms with E-state index in [1.54, 1.807) is 0 Å². The number of benzene rings is 2. The molecule has 23 heavy (non-hydrogen) atoms. The van der Waals surface area contributed by atoms with Crippen LogP contribution in [0.2, 0.25) is 0 Å². The number of nitrogens with zero attached hydrogens (tertiary/aromatic N) is 1. The summed E-state index contributed by atoms with van der Waals surface area (Å²) in [4.78, 5) is 2.49. The van der Waals surface area contributed by atoms with Gasteiger partial charge < -0.3 is 10.5 Å². The SMILES string of the molecule is CC1(CN)CCN(Cc2ccc(OCc3ccccc3)cc2)C1. The van der Waals surface area contributed by atoms with Gasteiger partial charge in [-0.05, 0) is 48.2 Å². The summed E-state index contributed by atoms with van der Waals surface area (Å²) in [5, 5.41) is 0. The predicted octanol–water partition coefficient (Wildman–Crippen LogP) is 3.44. The molecule has 0 aliphatic carbocycles. The van der Waals surface area contributed by atoms with Gasteiger partial charge >= 0.3 is 0 Å². The van der Waals surface area contributed by atoms with Crippen molar-refractivity contribution in [2.75, 3.05) is 19.6 Å². The van der Waals surface area contributed by atoms with E-state index in [1.165, 1.54) is 17.5 Å². The molecule has 3 nitrogen and oxygen atoms in total. The maximum Gasteiger partial charge on any atom is 0.119 e. The molecule has 0 amide bonds. The number of likely N-dealkylation sites (tertiary alicyclic amines) is 1. The fourth-order valence-corrected chi connectivity index (χ4v) is 3.12. The van der Waals surface area contributed by atoms with E-state index in [-0.39, 0.29) is 0 Å². The molecule has 0 radical (unpaired) electrons. The summed E-state index contributed by atoms with van der Waals surface area (Å²) in [5.74, 6) is 0.922. The van der Waals surface area contributed by atoms with Crippen molar-refractivity contribution in [1.82, 2.24) is 4.90 Å². The Labute approximate surface area is 139 Å². The highest BCUT2D eigenvalue weighted by Gasteiger charge is 2.32. The third-order valence-electron chi connectivity index (χ3n) is 4.71. The quantitative estimate of drug-likeness (QED) is 0.888. The summed E-state index contributed by atoms with van der Waals surface area (Å²) in [6.45, 7) is 6.90. The Bertz CT molecular complexity index is 611. The standard InChI is InChI=1S/C20H26N2O/c1-20(15-21)11-12-22(16-20)13-17-7-9-19(10-8-17)23-14-18-5-3-2-4-6-18/h2-10H,11-16,21H2,1H3. The number of ether oxygens (including phenoxy) is 1. The Hall–Kier alpha value is -1.84. The van der Waals surface area contributed by atoms with Crippen LogP contribution < -0.4 is 10.5 Å². The van der Waals surface area contributed by atoms with Crippen LogP contribution in [0, 0.1) is 5.41 Å². The van der Waals surface area contributed by atoms with Gasteiger partial charge in [0.25, 0.3) is 0 Å². The van der Waals surface area contributed by atoms with Gasteiger partial charge in [-0.15, -0.1) is 0 Å². The second kappa shape index (κ2) is 7.16. The van der Waals surface area contributed by atoms with Crippen LogP contribution in [-0.4, -0.2) is 24.5 Å². The van der Waals surface area contributed by atoms with E-state index in [0.29, 0.717) is 12.0 Å². The Morgan fingerprint density at radius 2 is 1.78 bits per heavy atom. The largest absolute Gasteiger partial charge is 0.489 e. The fourth-order valence-electron chi connectivity index (χ4n) is 3.12. The molecule has 2 N–H and O–H groups in total. The molecule has 1 heterocycles. The lowest BCUT2D eigenvalue weighted by Crippen LogP contribution is -2.31. The van der Waals surface area contributed by atoms with Gasteiger partial charge in [-0.2, -0.15) is 0 Å². The number of nitrogens with two attached hydrogens (primary N) is 1. The Morgan fingerprint density at radius 1 is 1.04 bits per heavy atom. The van der Waals surface area contributed by atoms with Crippen molar-refractivity contribution in [2.45, 2.75) is 26.5 Å². The van der Waals surface area contributed by atoms with E-state index >= 15 is 0 Å². The first kappa shape index (κ1) is 16.0. The van der Waals surface area contributed by atoms with Crippen molar-refractivity contribution in [3.63, 3.8) is 0 Å². The zero-order valence-corrected chi connectivity index (χ0v) is 13.9. The highest BCUT2D eigenvalue weighted by molar-refractivity contribution is 5.28. The topological polar surface area (TPSA) is 38.5 Å². The van der Waals surface area contributed by atoms with Crippen molar-refractivity contribution >= 4 is 0 Å². The molecule has 1 fully saturated rings. The molecule has 0 bridgehead atoms. The molecule has 2 aromatic rings. The van der Waals surface area contributed by atoms with Gasteiger partial charge in [-0.1, -0.05) is 49.4 Å². The van der Waals surface area contributed by atoms with Crippen molar-refractivity contribution in [3.05, 3.63) is 65.7 Å². The molecule has 122 valence electrons. The minimum Gasteiger partial charge on any atom is -0.489 e. The first-order valence-electron chi connectivity index (χ1n) is 8.35. The van der Waals surface area contributed by atoms with Crippen LogP contribution in [0.3, 0.4) is 0 Å². The monoisotopic (exact) mass is 310 g/mol. The van der Waals surface area contributed by atoms with Crippen LogP contribution in [0.1, 0.15) is 24.5 Å². The van der Waals surface area contributed by atoms with E-state index in [1.807, 2.05) is 18.2 Å². The molecule has 3 heteroatoms. The summed E-state index contributed by atoms with van der Waals surface area (Å²) in [7, 11) is 0. The molecule has 3 rings (SSSR count). The normalized spacial score (nSPS) is 21.5. The zero-order valence-electron chi connectivity index (χ0n) is 13.9. The molecule has 2 aromatic carbocycles. The van der Waals surface area contributed by atoms with Crippen molar-refractivity contribution in [3.8, 4) is 5.75 Å². The van der Waals surface area contributed by atoms with E-state index < -0.39 is 0 Å². The van der Waals surface area contributed by atoms with Crippen molar-refractivity contribution in [1.29, 1.82) is 0 Å². The summed E-state index contributed by atoms with van der Waals surface area (Å²) in [6.07, 6.45) is 1.20. The maximum atomic E-state index is 5.88. The maximum absolute atomic E-state index is 5.88. The summed E-state index contributed by atoms with van der Waals surface area (Å²) in [5.41, 5.74) is 8.69. The second-order valence-corrected chi connectivity index (χ2v) is 6.89. The van der Waals surface area contributed by atoms with Gasteiger partial charge in [0, 0.05) is 13.1 Å². The van der Waals surface area contributed by atoms with Gasteiger partial charge in [-0.3, -0.25) is 4.90 Å². The molecular formula is C20H26N2O. The summed E-state index contributed by atoms with van der Waals surface area (Å²) >= 11 is 0. The van der Waals surface area contributed by atoms with E-state index in [4.69, 9.17) is 10.5 Å². The Kier molecular flexibility index (Phi) is 4.99. The highest BCUT2D eigenvalue weighted by atomic mass is 16.5. The van der Waals surface area contributed by atoms with Crippen molar-refractivity contribution < 1.29 is 4.74 Å². The number of hydrogen-bond acceptors (Lipinski definition) is 3. The molecule has 0 spiro atoms. The van der Waals surface area contributed by atoms with E-state index in [9.17, 15) is 0 Å². The lowest BCUT2D eigenvalue weighted by molar-refractivity contribution is 0.274. The molecule has 1 unspecified atom stereocenters. The molecule has 0 saturated carbocycles. The Morgan fingerprint density at radius 3 is 2.43 bits per heavy atom. The summed E-state index contributed by atoms with van der Waals surface area (Å²) in [6, 6.07) is 18.7. The third kappa shape index (κ3) is 4.34. The average molecular weight is 310 g/mol. The molecule has 1 atom stereocenters. The number of rotatable bonds is 6. The van der Waals surface area contributed by atoms with Crippen molar-refractivity contribution in [2.24, 2.45) is 11.1 Å². The molecule has 0 aromatic heterocycles.